The lowest BCUT2D eigenvalue weighted by atomic mass is 10.1. The summed E-state index contributed by atoms with van der Waals surface area (Å²) < 4.78 is 24.5. The van der Waals surface area contributed by atoms with Gasteiger partial charge in [0.15, 0.2) is 29.7 Å². The summed E-state index contributed by atoms with van der Waals surface area (Å²) in [5, 5.41) is 13.6. The normalized spacial score (nSPS) is 10.7. The number of aromatic nitrogens is 2. The van der Waals surface area contributed by atoms with Gasteiger partial charge < -0.3 is 14.6 Å². The number of halogens is 1. The molecular weight excluding hydrogens is 383 g/mol. The van der Waals surface area contributed by atoms with Gasteiger partial charge in [0.05, 0.1) is 25.6 Å². The molecule has 0 unspecified atom stereocenters. The quantitative estimate of drug-likeness (QED) is 0.474. The molecule has 0 aliphatic carbocycles. The zero-order valence-electron chi connectivity index (χ0n) is 15.4. The fourth-order valence-electron chi connectivity index (χ4n) is 2.75. The fraction of sp³-hybridized carbons (Fsp3) is 0.200. The van der Waals surface area contributed by atoms with Gasteiger partial charge in [-0.15, -0.1) is 0 Å². The van der Waals surface area contributed by atoms with E-state index < -0.39 is 29.7 Å². The molecule has 0 fully saturated rings. The molecule has 150 valence electrons. The van der Waals surface area contributed by atoms with Gasteiger partial charge in [-0.05, 0) is 24.3 Å². The Balaban J connectivity index is 1.84. The van der Waals surface area contributed by atoms with Crippen molar-refractivity contribution in [3.8, 4) is 5.75 Å². The molecule has 0 spiro atoms. The molecule has 0 bridgehead atoms. The number of carbonyl (C=O) groups excluding carboxylic acids is 2. The van der Waals surface area contributed by atoms with Crippen LogP contribution in [-0.4, -0.2) is 47.0 Å². The zero-order chi connectivity index (χ0) is 21.0. The second kappa shape index (κ2) is 8.61. The lowest BCUT2D eigenvalue weighted by Gasteiger charge is -2.10. The Hall–Kier alpha value is -3.59. The van der Waals surface area contributed by atoms with Gasteiger partial charge in [-0.1, -0.05) is 18.2 Å². The zero-order valence-corrected chi connectivity index (χ0v) is 15.4. The number of Topliss-reactive ketones (excluding diaryl/α,β-unsaturated/α-hetero) is 1. The van der Waals surface area contributed by atoms with Gasteiger partial charge in [0.2, 0.25) is 0 Å². The Morgan fingerprint density at radius 3 is 2.55 bits per heavy atom. The van der Waals surface area contributed by atoms with Crippen LogP contribution in [0.25, 0.3) is 10.8 Å². The maximum atomic E-state index is 13.8. The molecule has 3 aromatic rings. The molecule has 29 heavy (non-hydrogen) atoms. The van der Waals surface area contributed by atoms with E-state index in [2.05, 4.69) is 5.10 Å². The number of aliphatic hydroxyl groups is 1. The van der Waals surface area contributed by atoms with Gasteiger partial charge in [0.1, 0.15) is 0 Å². The smallest absolute Gasteiger partial charge is 0.359 e. The lowest BCUT2D eigenvalue weighted by molar-refractivity contribution is 0.0468. The average Bonchev–Trinajstić information content (AvgIpc) is 2.73. The second-order valence-electron chi connectivity index (χ2n) is 5.99. The highest BCUT2D eigenvalue weighted by atomic mass is 19.1. The summed E-state index contributed by atoms with van der Waals surface area (Å²) in [7, 11) is 1.30. The Kier molecular flexibility index (Phi) is 5.99. The minimum atomic E-state index is -0.921. The highest BCUT2D eigenvalue weighted by Crippen LogP contribution is 2.18. The second-order valence-corrected chi connectivity index (χ2v) is 5.99. The number of hydrogen-bond donors (Lipinski definition) is 1. The molecule has 0 aliphatic rings. The van der Waals surface area contributed by atoms with Crippen LogP contribution in [0.3, 0.4) is 0 Å². The summed E-state index contributed by atoms with van der Waals surface area (Å²) in [6.45, 7) is -1.09. The first-order chi connectivity index (χ1) is 14.0. The molecule has 1 aromatic heterocycles. The number of fused-ring (bicyclic) bond motifs is 1. The number of methoxy groups -OCH3 is 1. The molecule has 0 saturated heterocycles. The Bertz CT molecular complexity index is 1140. The maximum Gasteiger partial charge on any atom is 0.359 e. The van der Waals surface area contributed by atoms with Crippen LogP contribution in [0.5, 0.6) is 5.75 Å². The van der Waals surface area contributed by atoms with Crippen LogP contribution < -0.4 is 10.3 Å². The fourth-order valence-corrected chi connectivity index (χ4v) is 2.75. The summed E-state index contributed by atoms with van der Waals surface area (Å²) in [6, 6.07) is 9.95. The van der Waals surface area contributed by atoms with Gasteiger partial charge in [-0.3, -0.25) is 9.59 Å². The van der Waals surface area contributed by atoms with Crippen molar-refractivity contribution < 1.29 is 28.6 Å². The molecule has 0 aliphatic heterocycles. The molecule has 0 amide bonds. The number of carbonyl (C=O) groups is 2. The third-order valence-electron chi connectivity index (χ3n) is 4.18. The third kappa shape index (κ3) is 4.14. The van der Waals surface area contributed by atoms with Crippen molar-refractivity contribution in [3.63, 3.8) is 0 Å². The number of ketones is 1. The van der Waals surface area contributed by atoms with E-state index in [1.807, 2.05) is 0 Å². The first-order valence-corrected chi connectivity index (χ1v) is 8.61. The monoisotopic (exact) mass is 400 g/mol. The van der Waals surface area contributed by atoms with Crippen molar-refractivity contribution in [2.75, 3.05) is 20.3 Å². The molecule has 1 heterocycles. The predicted octanol–water partition coefficient (Wildman–Crippen LogP) is 1.58. The highest BCUT2D eigenvalue weighted by molar-refractivity contribution is 6.04. The number of aliphatic hydroxyl groups excluding tert-OH is 1. The first-order valence-electron chi connectivity index (χ1n) is 8.61. The summed E-state index contributed by atoms with van der Waals surface area (Å²) in [6.07, 6.45) is 0. The molecular formula is C20H17FN2O6. The molecule has 1 N–H and O–H groups in total. The minimum absolute atomic E-state index is 0.0131. The predicted molar refractivity (Wildman–Crippen MR) is 101 cm³/mol. The number of ether oxygens (including phenoxy) is 2. The van der Waals surface area contributed by atoms with Crippen LogP contribution in [-0.2, 0) is 11.3 Å². The van der Waals surface area contributed by atoms with Crippen molar-refractivity contribution in [1.29, 1.82) is 0 Å². The van der Waals surface area contributed by atoms with Crippen molar-refractivity contribution in [2.24, 2.45) is 0 Å². The molecule has 0 radical (unpaired) electrons. The van der Waals surface area contributed by atoms with Crippen molar-refractivity contribution >= 4 is 22.5 Å². The summed E-state index contributed by atoms with van der Waals surface area (Å²) >= 11 is 0. The average molecular weight is 400 g/mol. The Morgan fingerprint density at radius 2 is 1.90 bits per heavy atom. The Labute approximate surface area is 164 Å². The Morgan fingerprint density at radius 1 is 1.17 bits per heavy atom. The van der Waals surface area contributed by atoms with E-state index in [1.165, 1.54) is 31.4 Å². The molecule has 0 saturated carbocycles. The number of nitrogens with zero attached hydrogens (tertiary/aromatic N) is 2. The van der Waals surface area contributed by atoms with Crippen LogP contribution >= 0.6 is 0 Å². The third-order valence-corrected chi connectivity index (χ3v) is 4.18. The number of benzene rings is 2. The summed E-state index contributed by atoms with van der Waals surface area (Å²) in [5.74, 6) is -2.27. The van der Waals surface area contributed by atoms with E-state index in [0.29, 0.717) is 0 Å². The minimum Gasteiger partial charge on any atom is -0.494 e. The van der Waals surface area contributed by atoms with Gasteiger partial charge in [0, 0.05) is 10.9 Å². The molecule has 2 aromatic carbocycles. The largest absolute Gasteiger partial charge is 0.494 e. The van der Waals surface area contributed by atoms with Gasteiger partial charge in [-0.2, -0.15) is 5.10 Å². The van der Waals surface area contributed by atoms with Crippen molar-refractivity contribution in [3.05, 3.63) is 69.9 Å². The number of hydrogen-bond acceptors (Lipinski definition) is 7. The van der Waals surface area contributed by atoms with Gasteiger partial charge in [-0.25, -0.2) is 13.9 Å². The van der Waals surface area contributed by atoms with E-state index in [1.54, 1.807) is 12.1 Å². The van der Waals surface area contributed by atoms with Crippen LogP contribution in [0.2, 0.25) is 0 Å². The van der Waals surface area contributed by atoms with Crippen LogP contribution in [0.4, 0.5) is 4.39 Å². The lowest BCUT2D eigenvalue weighted by Crippen LogP contribution is -2.28. The molecule has 3 rings (SSSR count). The van der Waals surface area contributed by atoms with Crippen LogP contribution in [0.15, 0.2) is 47.3 Å². The molecule has 8 nitrogen and oxygen atoms in total. The van der Waals surface area contributed by atoms with Crippen LogP contribution in [0.1, 0.15) is 20.8 Å². The SMILES string of the molecule is COc1ccc(C(=O)COC(=O)c2nn(CCO)c(=O)c3ccccc23)cc1F. The van der Waals surface area contributed by atoms with E-state index in [4.69, 9.17) is 14.6 Å². The standard InChI is InChI=1S/C20H17FN2O6/c1-28-17-7-6-12(10-15(17)21)16(25)11-29-20(27)18-13-4-2-3-5-14(13)19(26)23(22-18)8-9-24/h2-7,10,24H,8-9,11H2,1H3. The van der Waals surface area contributed by atoms with Crippen molar-refractivity contribution in [2.45, 2.75) is 6.54 Å². The number of rotatable bonds is 7. The summed E-state index contributed by atoms with van der Waals surface area (Å²) in [5.41, 5.74) is -0.613. The molecule has 9 heteroatoms. The van der Waals surface area contributed by atoms with E-state index >= 15 is 0 Å². The maximum absolute atomic E-state index is 13.8. The first kappa shape index (κ1) is 20.2. The van der Waals surface area contributed by atoms with Crippen molar-refractivity contribution in [1.82, 2.24) is 9.78 Å². The van der Waals surface area contributed by atoms with E-state index in [9.17, 15) is 18.8 Å². The van der Waals surface area contributed by atoms with Gasteiger partial charge in [0.25, 0.3) is 5.56 Å². The number of esters is 1. The topological polar surface area (TPSA) is 108 Å². The van der Waals surface area contributed by atoms with E-state index in [0.717, 1.165) is 10.7 Å². The van der Waals surface area contributed by atoms with Crippen LogP contribution in [0, 0.1) is 5.82 Å². The highest BCUT2D eigenvalue weighted by Gasteiger charge is 2.20. The molecule has 0 atom stereocenters. The van der Waals surface area contributed by atoms with E-state index in [-0.39, 0.29) is 40.9 Å². The van der Waals surface area contributed by atoms with Gasteiger partial charge >= 0.3 is 5.97 Å². The summed E-state index contributed by atoms with van der Waals surface area (Å²) in [4.78, 5) is 37.1.